The first-order valence-electron chi connectivity index (χ1n) is 6.92. The summed E-state index contributed by atoms with van der Waals surface area (Å²) in [6, 6.07) is 8.87. The number of rotatable bonds is 5. The standard InChI is InChI=1S/C17H18F2O3/c1-16(2,15(20)21)14-9-8-13(18)10-17(14,19)22-11-12-6-4-3-5-7-12/h3-10,14H,11H2,1-2H3,(H,20,21). The SMILES string of the molecule is CC(C)(C(=O)O)C1C=CC(F)=CC1(F)OCc1ccccc1. The summed E-state index contributed by atoms with van der Waals surface area (Å²) in [7, 11) is 0. The molecule has 22 heavy (non-hydrogen) atoms. The quantitative estimate of drug-likeness (QED) is 0.893. The van der Waals surface area contributed by atoms with Crippen molar-refractivity contribution in [3.05, 3.63) is 60.0 Å². The Kier molecular flexibility index (Phi) is 4.47. The average Bonchev–Trinajstić information content (AvgIpc) is 2.46. The number of halogens is 2. The first-order valence-corrected chi connectivity index (χ1v) is 6.92. The van der Waals surface area contributed by atoms with Crippen LogP contribution in [0.5, 0.6) is 0 Å². The van der Waals surface area contributed by atoms with Crippen LogP contribution in [0, 0.1) is 11.3 Å². The van der Waals surface area contributed by atoms with Crippen LogP contribution in [0.4, 0.5) is 8.78 Å². The predicted octanol–water partition coefficient (Wildman–Crippen LogP) is 4.02. The molecule has 0 saturated heterocycles. The molecule has 0 heterocycles. The number of carbonyl (C=O) groups is 1. The van der Waals surface area contributed by atoms with Crippen LogP contribution in [0.1, 0.15) is 19.4 Å². The number of hydrogen-bond acceptors (Lipinski definition) is 2. The van der Waals surface area contributed by atoms with Gasteiger partial charge in [-0.3, -0.25) is 4.79 Å². The Balaban J connectivity index is 2.26. The summed E-state index contributed by atoms with van der Waals surface area (Å²) in [6.45, 7) is 2.70. The van der Waals surface area contributed by atoms with Gasteiger partial charge >= 0.3 is 5.97 Å². The second-order valence-corrected chi connectivity index (χ2v) is 5.86. The highest BCUT2D eigenvalue weighted by atomic mass is 19.2. The van der Waals surface area contributed by atoms with Gasteiger partial charge in [-0.15, -0.1) is 0 Å². The lowest BCUT2D eigenvalue weighted by atomic mass is 9.72. The van der Waals surface area contributed by atoms with Crippen molar-refractivity contribution in [1.82, 2.24) is 0 Å². The first-order chi connectivity index (χ1) is 10.3. The second kappa shape index (κ2) is 6.01. The molecule has 2 rings (SSSR count). The van der Waals surface area contributed by atoms with E-state index in [4.69, 9.17) is 4.74 Å². The summed E-state index contributed by atoms with van der Waals surface area (Å²) in [4.78, 5) is 11.4. The van der Waals surface area contributed by atoms with Crippen molar-refractivity contribution >= 4 is 5.97 Å². The maximum Gasteiger partial charge on any atom is 0.309 e. The molecular formula is C17H18F2O3. The summed E-state index contributed by atoms with van der Waals surface area (Å²) in [5, 5.41) is 9.31. The van der Waals surface area contributed by atoms with Crippen LogP contribution in [0.15, 0.2) is 54.4 Å². The van der Waals surface area contributed by atoms with Crippen molar-refractivity contribution in [3.8, 4) is 0 Å². The van der Waals surface area contributed by atoms with Gasteiger partial charge in [0.1, 0.15) is 5.83 Å². The van der Waals surface area contributed by atoms with E-state index in [0.717, 1.165) is 11.6 Å². The summed E-state index contributed by atoms with van der Waals surface area (Å²) in [5.41, 5.74) is -0.728. The van der Waals surface area contributed by atoms with Crippen molar-refractivity contribution in [2.24, 2.45) is 11.3 Å². The number of benzene rings is 1. The molecule has 118 valence electrons. The minimum atomic E-state index is -2.52. The Morgan fingerprint density at radius 2 is 2.00 bits per heavy atom. The zero-order valence-electron chi connectivity index (χ0n) is 12.4. The van der Waals surface area contributed by atoms with E-state index in [1.54, 1.807) is 24.3 Å². The molecule has 0 aromatic heterocycles. The number of ether oxygens (including phenoxy) is 1. The molecule has 1 aliphatic carbocycles. The van der Waals surface area contributed by atoms with E-state index < -0.39 is 29.0 Å². The molecule has 1 aliphatic rings. The molecule has 2 atom stereocenters. The smallest absolute Gasteiger partial charge is 0.309 e. The summed E-state index contributed by atoms with van der Waals surface area (Å²) < 4.78 is 33.9. The lowest BCUT2D eigenvalue weighted by Gasteiger charge is -2.38. The molecule has 2 unspecified atom stereocenters. The molecule has 0 radical (unpaired) electrons. The van der Waals surface area contributed by atoms with Crippen molar-refractivity contribution in [2.45, 2.75) is 26.3 Å². The third-order valence-corrected chi connectivity index (χ3v) is 3.84. The van der Waals surface area contributed by atoms with Crippen molar-refractivity contribution in [3.63, 3.8) is 0 Å². The van der Waals surface area contributed by atoms with E-state index in [2.05, 4.69) is 0 Å². The fourth-order valence-electron chi connectivity index (χ4n) is 2.41. The Morgan fingerprint density at radius 1 is 1.36 bits per heavy atom. The highest BCUT2D eigenvalue weighted by Gasteiger charge is 2.51. The van der Waals surface area contributed by atoms with Gasteiger partial charge in [-0.25, -0.2) is 8.78 Å². The molecular weight excluding hydrogens is 290 g/mol. The highest BCUT2D eigenvalue weighted by molar-refractivity contribution is 5.74. The van der Waals surface area contributed by atoms with Crippen LogP contribution >= 0.6 is 0 Å². The molecule has 1 aromatic carbocycles. The zero-order chi connectivity index (χ0) is 16.4. The van der Waals surface area contributed by atoms with E-state index in [1.807, 2.05) is 6.07 Å². The molecule has 3 nitrogen and oxygen atoms in total. The highest BCUT2D eigenvalue weighted by Crippen LogP contribution is 2.44. The van der Waals surface area contributed by atoms with Gasteiger partial charge in [-0.2, -0.15) is 0 Å². The van der Waals surface area contributed by atoms with Gasteiger partial charge in [0.2, 0.25) is 5.85 Å². The van der Waals surface area contributed by atoms with Gasteiger partial charge in [-0.1, -0.05) is 36.4 Å². The minimum Gasteiger partial charge on any atom is -0.481 e. The van der Waals surface area contributed by atoms with Crippen LogP contribution in [-0.4, -0.2) is 16.9 Å². The first kappa shape index (κ1) is 16.4. The van der Waals surface area contributed by atoms with Crippen molar-refractivity contribution < 1.29 is 23.4 Å². The lowest BCUT2D eigenvalue weighted by molar-refractivity contribution is -0.183. The molecule has 0 spiro atoms. The van der Waals surface area contributed by atoms with Gasteiger partial charge in [-0.05, 0) is 25.5 Å². The largest absolute Gasteiger partial charge is 0.481 e. The maximum absolute atomic E-state index is 15.2. The topological polar surface area (TPSA) is 46.5 Å². The molecule has 1 aromatic rings. The molecule has 0 saturated carbocycles. The van der Waals surface area contributed by atoms with Gasteiger partial charge in [0, 0.05) is 6.08 Å². The predicted molar refractivity (Wildman–Crippen MR) is 78.3 cm³/mol. The van der Waals surface area contributed by atoms with E-state index in [1.165, 1.54) is 19.9 Å². The lowest BCUT2D eigenvalue weighted by Crippen LogP contribution is -2.46. The number of allylic oxidation sites excluding steroid dienone is 2. The van der Waals surface area contributed by atoms with Crippen LogP contribution in [0.2, 0.25) is 0 Å². The zero-order valence-corrected chi connectivity index (χ0v) is 12.4. The average molecular weight is 308 g/mol. The Labute approximate surface area is 127 Å². The summed E-state index contributed by atoms with van der Waals surface area (Å²) in [6.07, 6.45) is 2.98. The normalized spacial score (nSPS) is 24.9. The summed E-state index contributed by atoms with van der Waals surface area (Å²) >= 11 is 0. The van der Waals surface area contributed by atoms with Gasteiger partial charge in [0.05, 0.1) is 17.9 Å². The number of aliphatic carboxylic acids is 1. The maximum atomic E-state index is 15.2. The van der Waals surface area contributed by atoms with Crippen LogP contribution in [0.3, 0.4) is 0 Å². The van der Waals surface area contributed by atoms with E-state index in [0.29, 0.717) is 6.08 Å². The van der Waals surface area contributed by atoms with Crippen molar-refractivity contribution in [1.29, 1.82) is 0 Å². The van der Waals surface area contributed by atoms with Crippen LogP contribution in [-0.2, 0) is 16.1 Å². The van der Waals surface area contributed by atoms with Gasteiger partial charge < -0.3 is 9.84 Å². The fraction of sp³-hybridized carbons (Fsp3) is 0.353. The fourth-order valence-corrected chi connectivity index (χ4v) is 2.41. The molecule has 0 amide bonds. The molecule has 1 N–H and O–H groups in total. The number of hydrogen-bond donors (Lipinski definition) is 1. The van der Waals surface area contributed by atoms with E-state index >= 15 is 4.39 Å². The molecule has 5 heteroatoms. The molecule has 0 fully saturated rings. The Morgan fingerprint density at radius 3 is 2.59 bits per heavy atom. The van der Waals surface area contributed by atoms with Crippen molar-refractivity contribution in [2.75, 3.05) is 0 Å². The number of alkyl halides is 1. The number of carboxylic acids is 1. The third-order valence-electron chi connectivity index (χ3n) is 3.84. The third kappa shape index (κ3) is 3.25. The van der Waals surface area contributed by atoms with Gasteiger partial charge in [0.15, 0.2) is 0 Å². The second-order valence-electron chi connectivity index (χ2n) is 5.86. The van der Waals surface area contributed by atoms with Crippen LogP contribution < -0.4 is 0 Å². The number of carboxylic acid groups (broad SMARTS) is 1. The van der Waals surface area contributed by atoms with E-state index in [-0.39, 0.29) is 6.61 Å². The van der Waals surface area contributed by atoms with Crippen LogP contribution in [0.25, 0.3) is 0 Å². The molecule has 0 bridgehead atoms. The monoisotopic (exact) mass is 308 g/mol. The minimum absolute atomic E-state index is 0.0822. The Hall–Kier alpha value is -2.01. The summed E-state index contributed by atoms with van der Waals surface area (Å²) in [5.74, 6) is -5.62. The van der Waals surface area contributed by atoms with Gasteiger partial charge in [0.25, 0.3) is 0 Å². The molecule has 0 aliphatic heterocycles. The van der Waals surface area contributed by atoms with E-state index in [9.17, 15) is 14.3 Å². The Bertz CT molecular complexity index is 608.